The van der Waals surface area contributed by atoms with Gasteiger partial charge < -0.3 is 4.74 Å². The van der Waals surface area contributed by atoms with E-state index >= 15 is 0 Å². The van der Waals surface area contributed by atoms with E-state index in [2.05, 4.69) is 12.1 Å². The molecule has 0 saturated heterocycles. The van der Waals surface area contributed by atoms with Crippen LogP contribution in [0.2, 0.25) is 6.04 Å². The van der Waals surface area contributed by atoms with Crippen LogP contribution >= 0.6 is 0 Å². The summed E-state index contributed by atoms with van der Waals surface area (Å²) in [6, 6.07) is 9.36. The molecule has 1 aromatic carbocycles. The smallest absolute Gasteiger partial charge is 0.414 e. The molecule has 0 aromatic heterocycles. The Bertz CT molecular complexity index is 395. The van der Waals surface area contributed by atoms with Gasteiger partial charge in [-0.1, -0.05) is 18.2 Å². The van der Waals surface area contributed by atoms with Crippen LogP contribution in [0, 0.1) is 0 Å². The molecule has 3 nitrogen and oxygen atoms in total. The molecule has 0 atom stereocenters. The number of carbonyl (C=O) groups excluding carboxylic acids is 1. The van der Waals surface area contributed by atoms with Gasteiger partial charge >= 0.3 is 6.09 Å². The summed E-state index contributed by atoms with van der Waals surface area (Å²) in [5.74, 6) is 0. The van der Waals surface area contributed by atoms with Gasteiger partial charge in [-0.05, 0) is 44.9 Å². The Hall–Kier alpha value is -1.29. The van der Waals surface area contributed by atoms with Gasteiger partial charge in [-0.3, -0.25) is 4.90 Å². The SMILES string of the molecule is CN(C(=O)OC(C)(C)C)c1ccc(CC[SiH3])cc1. The van der Waals surface area contributed by atoms with Gasteiger partial charge in [0.25, 0.3) is 0 Å². The van der Waals surface area contributed by atoms with E-state index in [0.29, 0.717) is 0 Å². The van der Waals surface area contributed by atoms with Gasteiger partial charge in [-0.25, -0.2) is 4.79 Å². The van der Waals surface area contributed by atoms with Gasteiger partial charge in [-0.15, -0.1) is 0 Å². The van der Waals surface area contributed by atoms with Crippen molar-refractivity contribution in [3.8, 4) is 0 Å². The molecule has 0 spiro atoms. The zero-order valence-electron chi connectivity index (χ0n) is 12.0. The van der Waals surface area contributed by atoms with Crippen LogP contribution in [0.1, 0.15) is 26.3 Å². The Morgan fingerprint density at radius 1 is 1.28 bits per heavy atom. The number of amides is 1. The molecule has 0 heterocycles. The van der Waals surface area contributed by atoms with Gasteiger partial charge in [0, 0.05) is 23.0 Å². The number of rotatable bonds is 3. The van der Waals surface area contributed by atoms with Crippen molar-refractivity contribution in [1.29, 1.82) is 0 Å². The maximum atomic E-state index is 11.9. The molecule has 0 aliphatic rings. The van der Waals surface area contributed by atoms with E-state index in [-0.39, 0.29) is 6.09 Å². The van der Waals surface area contributed by atoms with Crippen molar-refractivity contribution in [2.75, 3.05) is 11.9 Å². The van der Waals surface area contributed by atoms with Crippen LogP contribution in [0.5, 0.6) is 0 Å². The molecule has 4 heteroatoms. The van der Waals surface area contributed by atoms with Crippen LogP contribution < -0.4 is 4.90 Å². The number of carbonyl (C=O) groups is 1. The number of benzene rings is 1. The molecule has 0 unspecified atom stereocenters. The fraction of sp³-hybridized carbons (Fsp3) is 0.500. The molecule has 18 heavy (non-hydrogen) atoms. The molecule has 0 N–H and O–H groups in total. The van der Waals surface area contributed by atoms with E-state index in [9.17, 15) is 4.79 Å². The van der Waals surface area contributed by atoms with Crippen LogP contribution in [-0.2, 0) is 11.2 Å². The van der Waals surface area contributed by atoms with Gasteiger partial charge in [0.15, 0.2) is 0 Å². The normalized spacial score (nSPS) is 11.3. The Morgan fingerprint density at radius 2 is 1.83 bits per heavy atom. The second-order valence-electron chi connectivity index (χ2n) is 5.46. The quantitative estimate of drug-likeness (QED) is 0.785. The topological polar surface area (TPSA) is 29.5 Å². The third-order valence-corrected chi connectivity index (χ3v) is 3.03. The number of nitrogens with zero attached hydrogens (tertiary/aromatic N) is 1. The van der Waals surface area contributed by atoms with E-state index in [0.717, 1.165) is 12.1 Å². The molecule has 0 fully saturated rings. The molecule has 1 amide bonds. The summed E-state index contributed by atoms with van der Waals surface area (Å²) in [4.78, 5) is 13.4. The highest BCUT2D eigenvalue weighted by molar-refractivity contribution is 6.08. The third-order valence-electron chi connectivity index (χ3n) is 2.53. The summed E-state index contributed by atoms with van der Waals surface area (Å²) in [6.45, 7) is 5.60. The largest absolute Gasteiger partial charge is 0.443 e. The summed E-state index contributed by atoms with van der Waals surface area (Å²) < 4.78 is 5.32. The first-order valence-corrected chi connectivity index (χ1v) is 7.80. The zero-order valence-corrected chi connectivity index (χ0v) is 14.0. The van der Waals surface area contributed by atoms with Crippen molar-refractivity contribution in [2.24, 2.45) is 0 Å². The number of anilines is 1. The average Bonchev–Trinajstić information content (AvgIpc) is 2.27. The highest BCUT2D eigenvalue weighted by Gasteiger charge is 2.20. The molecule has 0 saturated carbocycles. The van der Waals surface area contributed by atoms with Crippen LogP contribution in [0.3, 0.4) is 0 Å². The Balaban J connectivity index is 2.71. The summed E-state index contributed by atoms with van der Waals surface area (Å²) in [5, 5.41) is 0. The first-order valence-electron chi connectivity index (χ1n) is 6.39. The van der Waals surface area contributed by atoms with E-state index in [1.165, 1.54) is 26.7 Å². The highest BCUT2D eigenvalue weighted by Crippen LogP contribution is 2.17. The van der Waals surface area contributed by atoms with Crippen molar-refractivity contribution in [3.05, 3.63) is 29.8 Å². The Labute approximate surface area is 113 Å². The fourth-order valence-electron chi connectivity index (χ4n) is 1.61. The second kappa shape index (κ2) is 6.04. The second-order valence-corrected chi connectivity index (χ2v) is 6.46. The summed E-state index contributed by atoms with van der Waals surface area (Å²) in [6.07, 6.45) is 0.806. The highest BCUT2D eigenvalue weighted by atomic mass is 28.1. The van der Waals surface area contributed by atoms with E-state index in [4.69, 9.17) is 4.74 Å². The maximum absolute atomic E-state index is 11.9. The molecular weight excluding hydrogens is 242 g/mol. The molecular formula is C14H23NO2Si. The molecule has 0 aliphatic carbocycles. The standard InChI is InChI=1S/C14H23NO2Si/c1-14(2,3)17-13(16)15(4)12-7-5-11(6-8-12)9-10-18/h5-8H,9-10H2,1-4,18H3. The van der Waals surface area contributed by atoms with Crippen LogP contribution in [0.25, 0.3) is 0 Å². The van der Waals surface area contributed by atoms with E-state index in [1.807, 2.05) is 32.9 Å². The summed E-state index contributed by atoms with van der Waals surface area (Å²) >= 11 is 0. The first-order chi connectivity index (χ1) is 8.33. The number of hydrogen-bond acceptors (Lipinski definition) is 2. The molecule has 100 valence electrons. The van der Waals surface area contributed by atoms with Crippen molar-refractivity contribution >= 4 is 22.0 Å². The van der Waals surface area contributed by atoms with Gasteiger partial charge in [0.1, 0.15) is 5.60 Å². The van der Waals surface area contributed by atoms with Crippen LogP contribution in [0.4, 0.5) is 10.5 Å². The van der Waals surface area contributed by atoms with Crippen molar-refractivity contribution in [3.63, 3.8) is 0 Å². The third kappa shape index (κ3) is 4.53. The minimum atomic E-state index is -0.460. The fourth-order valence-corrected chi connectivity index (χ4v) is 2.19. The minimum Gasteiger partial charge on any atom is -0.443 e. The zero-order chi connectivity index (χ0) is 13.8. The van der Waals surface area contributed by atoms with Crippen LogP contribution in [0.15, 0.2) is 24.3 Å². The molecule has 0 radical (unpaired) electrons. The predicted octanol–water partition coefficient (Wildman–Crippen LogP) is 2.38. The summed E-state index contributed by atoms with van der Waals surface area (Å²) in [7, 11) is 2.96. The summed E-state index contributed by atoms with van der Waals surface area (Å²) in [5.41, 5.74) is 1.73. The average molecular weight is 265 g/mol. The molecule has 1 aromatic rings. The van der Waals surface area contributed by atoms with Crippen molar-refractivity contribution < 1.29 is 9.53 Å². The molecule has 0 bridgehead atoms. The number of aryl methyl sites for hydroxylation is 1. The predicted molar refractivity (Wildman–Crippen MR) is 79.5 cm³/mol. The monoisotopic (exact) mass is 265 g/mol. The number of ether oxygens (including phenoxy) is 1. The minimum absolute atomic E-state index is 0.321. The van der Waals surface area contributed by atoms with Crippen molar-refractivity contribution in [1.82, 2.24) is 0 Å². The lowest BCUT2D eigenvalue weighted by Gasteiger charge is -2.24. The van der Waals surface area contributed by atoms with Gasteiger partial charge in [0.2, 0.25) is 0 Å². The Morgan fingerprint density at radius 3 is 2.28 bits per heavy atom. The molecule has 1 rings (SSSR count). The van der Waals surface area contributed by atoms with E-state index in [1.54, 1.807) is 7.05 Å². The van der Waals surface area contributed by atoms with Crippen LogP contribution in [-0.4, -0.2) is 29.0 Å². The van der Waals surface area contributed by atoms with Crippen molar-refractivity contribution in [2.45, 2.75) is 38.8 Å². The molecule has 0 aliphatic heterocycles. The Kier molecular flexibility index (Phi) is 4.96. The van der Waals surface area contributed by atoms with Gasteiger partial charge in [-0.2, -0.15) is 0 Å². The first kappa shape index (κ1) is 14.8. The lowest BCUT2D eigenvalue weighted by atomic mass is 10.1. The van der Waals surface area contributed by atoms with Gasteiger partial charge in [0.05, 0.1) is 0 Å². The number of hydrogen-bond donors (Lipinski definition) is 0. The lowest BCUT2D eigenvalue weighted by Crippen LogP contribution is -2.34. The van der Waals surface area contributed by atoms with E-state index < -0.39 is 5.60 Å². The maximum Gasteiger partial charge on any atom is 0.414 e. The lowest BCUT2D eigenvalue weighted by molar-refractivity contribution is 0.0589.